The number of fused-ring (bicyclic) bond motifs is 3. The van der Waals surface area contributed by atoms with Crippen LogP contribution < -0.4 is 0 Å². The highest BCUT2D eigenvalue weighted by molar-refractivity contribution is 5.77. The molecule has 0 aromatic carbocycles. The number of aliphatic hydroxyl groups excluding tert-OH is 1. The fourth-order valence-corrected chi connectivity index (χ4v) is 8.94. The third kappa shape index (κ3) is 2.71. The van der Waals surface area contributed by atoms with Crippen LogP contribution in [0.25, 0.3) is 10.4 Å². The van der Waals surface area contributed by atoms with Gasteiger partial charge in [0.2, 0.25) is 0 Å². The molecule has 6 nitrogen and oxygen atoms in total. The zero-order valence-corrected chi connectivity index (χ0v) is 18.5. The Bertz CT molecular complexity index is 737. The molecule has 29 heavy (non-hydrogen) atoms. The van der Waals surface area contributed by atoms with Crippen molar-refractivity contribution in [2.45, 2.75) is 85.2 Å². The first kappa shape index (κ1) is 21.0. The number of carbonyl (C=O) groups is 1. The fourth-order valence-electron chi connectivity index (χ4n) is 8.94. The summed E-state index contributed by atoms with van der Waals surface area (Å²) < 4.78 is 5.55. The highest BCUT2D eigenvalue weighted by atomic mass is 16.5. The lowest BCUT2D eigenvalue weighted by molar-refractivity contribution is -0.191. The van der Waals surface area contributed by atoms with E-state index in [4.69, 9.17) is 10.3 Å². The van der Waals surface area contributed by atoms with Gasteiger partial charge in [-0.2, -0.15) is 0 Å². The third-order valence-corrected chi connectivity index (χ3v) is 10.0. The molecule has 0 aliphatic heterocycles. The van der Waals surface area contributed by atoms with Crippen LogP contribution >= 0.6 is 0 Å². The standard InChI is InChI=1S/C23H37N3O3/c1-5-29-19(28)22(4)10-6-9-21(3)16(22)8-12-23-14-20(2,11-7-17(21)23)18(27)15(23)13-25-26-24/h15-18,27H,5-14H2,1-4H3/t15-,16+,17+,18-,20+,21-,22-,23-/m1/s1. The van der Waals surface area contributed by atoms with Crippen molar-refractivity contribution >= 4 is 5.97 Å². The first-order valence-electron chi connectivity index (χ1n) is 11.5. The van der Waals surface area contributed by atoms with E-state index in [0.717, 1.165) is 51.4 Å². The van der Waals surface area contributed by atoms with E-state index in [0.29, 0.717) is 25.0 Å². The molecule has 2 bridgehead atoms. The van der Waals surface area contributed by atoms with Gasteiger partial charge in [0.25, 0.3) is 0 Å². The summed E-state index contributed by atoms with van der Waals surface area (Å²) in [5, 5.41) is 15.2. The molecule has 4 rings (SSSR count). The van der Waals surface area contributed by atoms with Gasteiger partial charge in [0.15, 0.2) is 0 Å². The van der Waals surface area contributed by atoms with Crippen molar-refractivity contribution in [2.24, 2.45) is 44.5 Å². The lowest BCUT2D eigenvalue weighted by atomic mass is 9.39. The van der Waals surface area contributed by atoms with Gasteiger partial charge in [-0.1, -0.05) is 25.4 Å². The summed E-state index contributed by atoms with van der Waals surface area (Å²) in [4.78, 5) is 16.0. The topological polar surface area (TPSA) is 95.3 Å². The van der Waals surface area contributed by atoms with E-state index in [1.807, 2.05) is 6.92 Å². The van der Waals surface area contributed by atoms with Gasteiger partial charge >= 0.3 is 5.97 Å². The van der Waals surface area contributed by atoms with Gasteiger partial charge < -0.3 is 9.84 Å². The molecule has 0 aromatic heterocycles. The number of ether oxygens (including phenoxy) is 1. The molecule has 0 aromatic rings. The second kappa shape index (κ2) is 6.88. The predicted octanol–water partition coefficient (Wildman–Crippen LogP) is 5.25. The Morgan fingerprint density at radius 2 is 1.90 bits per heavy atom. The molecule has 0 radical (unpaired) electrons. The predicted molar refractivity (Wildman–Crippen MR) is 111 cm³/mol. The van der Waals surface area contributed by atoms with E-state index >= 15 is 0 Å². The normalized spacial score (nSPS) is 50.8. The van der Waals surface area contributed by atoms with Crippen molar-refractivity contribution in [3.8, 4) is 0 Å². The molecule has 6 heteroatoms. The van der Waals surface area contributed by atoms with Crippen molar-refractivity contribution in [1.29, 1.82) is 0 Å². The maximum absolute atomic E-state index is 13.0. The van der Waals surface area contributed by atoms with E-state index in [1.54, 1.807) is 0 Å². The van der Waals surface area contributed by atoms with Crippen LogP contribution in [0.1, 0.15) is 79.1 Å². The molecule has 4 aliphatic rings. The van der Waals surface area contributed by atoms with E-state index in [9.17, 15) is 9.90 Å². The molecular formula is C23H37N3O3. The Morgan fingerprint density at radius 3 is 2.59 bits per heavy atom. The number of hydrogen-bond donors (Lipinski definition) is 1. The summed E-state index contributed by atoms with van der Waals surface area (Å²) in [5.74, 6) is 0.793. The summed E-state index contributed by atoms with van der Waals surface area (Å²) in [7, 11) is 0. The van der Waals surface area contributed by atoms with E-state index in [2.05, 4.69) is 30.8 Å². The van der Waals surface area contributed by atoms with Gasteiger partial charge in [0, 0.05) is 11.5 Å². The molecule has 1 spiro atoms. The lowest BCUT2D eigenvalue weighted by Crippen LogP contribution is -2.60. The maximum atomic E-state index is 13.0. The number of esters is 1. The number of nitrogens with zero attached hydrogens (tertiary/aromatic N) is 3. The summed E-state index contributed by atoms with van der Waals surface area (Å²) >= 11 is 0. The molecule has 0 saturated heterocycles. The Hall–Kier alpha value is -1.26. The Kier molecular flexibility index (Phi) is 4.98. The van der Waals surface area contributed by atoms with Crippen LogP contribution in [0.3, 0.4) is 0 Å². The van der Waals surface area contributed by atoms with Crippen molar-refractivity contribution in [3.63, 3.8) is 0 Å². The highest BCUT2D eigenvalue weighted by Gasteiger charge is 2.71. The molecule has 0 unspecified atom stereocenters. The first-order valence-corrected chi connectivity index (χ1v) is 11.5. The minimum atomic E-state index is -0.414. The van der Waals surface area contributed by atoms with E-state index in [-0.39, 0.29) is 28.1 Å². The summed E-state index contributed by atoms with van der Waals surface area (Å²) in [5.41, 5.74) is 8.56. The van der Waals surface area contributed by atoms with Crippen molar-refractivity contribution in [2.75, 3.05) is 13.2 Å². The first-order chi connectivity index (χ1) is 13.7. The number of rotatable bonds is 4. The molecule has 4 fully saturated rings. The Labute approximate surface area is 174 Å². The molecule has 162 valence electrons. The molecule has 4 saturated carbocycles. The summed E-state index contributed by atoms with van der Waals surface area (Å²) in [6, 6.07) is 0. The van der Waals surface area contributed by atoms with E-state index < -0.39 is 11.5 Å². The van der Waals surface area contributed by atoms with Crippen molar-refractivity contribution < 1.29 is 14.6 Å². The average molecular weight is 404 g/mol. The fraction of sp³-hybridized carbons (Fsp3) is 0.957. The Balaban J connectivity index is 1.74. The average Bonchev–Trinajstić information content (AvgIpc) is 2.82. The van der Waals surface area contributed by atoms with Crippen LogP contribution in [0.4, 0.5) is 0 Å². The minimum absolute atomic E-state index is 0.0235. The van der Waals surface area contributed by atoms with Crippen LogP contribution in [-0.2, 0) is 9.53 Å². The quantitative estimate of drug-likeness (QED) is 0.300. The smallest absolute Gasteiger partial charge is 0.312 e. The van der Waals surface area contributed by atoms with Gasteiger partial charge in [-0.25, -0.2) is 0 Å². The maximum Gasteiger partial charge on any atom is 0.312 e. The largest absolute Gasteiger partial charge is 0.466 e. The number of carbonyl (C=O) groups excluding carboxylic acids is 1. The van der Waals surface area contributed by atoms with E-state index in [1.165, 1.54) is 0 Å². The summed E-state index contributed by atoms with van der Waals surface area (Å²) in [6.45, 7) is 9.49. The number of aliphatic hydroxyl groups is 1. The highest BCUT2D eigenvalue weighted by Crippen LogP contribution is 2.75. The minimum Gasteiger partial charge on any atom is -0.466 e. The third-order valence-electron chi connectivity index (χ3n) is 10.0. The number of hydrogen-bond acceptors (Lipinski definition) is 4. The monoisotopic (exact) mass is 403 g/mol. The number of azide groups is 1. The van der Waals surface area contributed by atoms with Crippen LogP contribution in [0, 0.1) is 39.4 Å². The SMILES string of the molecule is CCOC(=O)[C@]1(C)CCC[C@@]2(C)[C@@H]3CC[C@@]4(C)C[C@]3(CC[C@@H]21)[C@H](CN=[N+]=[N-])[C@H]4O. The van der Waals surface area contributed by atoms with Gasteiger partial charge in [0.1, 0.15) is 0 Å². The van der Waals surface area contributed by atoms with Crippen LogP contribution in [0.2, 0.25) is 0 Å². The van der Waals surface area contributed by atoms with Crippen molar-refractivity contribution in [1.82, 2.24) is 0 Å². The van der Waals surface area contributed by atoms with Gasteiger partial charge in [0.05, 0.1) is 18.1 Å². The molecule has 0 amide bonds. The zero-order chi connectivity index (χ0) is 21.1. The van der Waals surface area contributed by atoms with Crippen molar-refractivity contribution in [3.05, 3.63) is 10.4 Å². The van der Waals surface area contributed by atoms with Crippen LogP contribution in [0.5, 0.6) is 0 Å². The lowest BCUT2D eigenvalue weighted by Gasteiger charge is -2.65. The molecule has 8 atom stereocenters. The molecule has 1 N–H and O–H groups in total. The Morgan fingerprint density at radius 1 is 1.17 bits per heavy atom. The second-order valence-electron chi connectivity index (χ2n) is 11.2. The van der Waals surface area contributed by atoms with Crippen LogP contribution in [0.15, 0.2) is 5.11 Å². The van der Waals surface area contributed by atoms with Crippen LogP contribution in [-0.4, -0.2) is 30.3 Å². The van der Waals surface area contributed by atoms with Gasteiger partial charge in [-0.05, 0) is 98.3 Å². The van der Waals surface area contributed by atoms with Gasteiger partial charge in [-0.3, -0.25) is 4.79 Å². The summed E-state index contributed by atoms with van der Waals surface area (Å²) in [6.07, 6.45) is 7.86. The van der Waals surface area contributed by atoms with Gasteiger partial charge in [-0.15, -0.1) is 0 Å². The second-order valence-corrected chi connectivity index (χ2v) is 11.2. The zero-order valence-electron chi connectivity index (χ0n) is 18.5. The molecule has 0 heterocycles. The molecule has 4 aliphatic carbocycles. The molecular weight excluding hydrogens is 366 g/mol.